The van der Waals surface area contributed by atoms with Gasteiger partial charge in [0.25, 0.3) is 11.5 Å². The van der Waals surface area contributed by atoms with Crippen molar-refractivity contribution in [3.8, 4) is 38.9 Å². The van der Waals surface area contributed by atoms with Crippen LogP contribution in [0.3, 0.4) is 0 Å². The normalized spacial score (nSPS) is 11.1. The van der Waals surface area contributed by atoms with Crippen molar-refractivity contribution in [3.05, 3.63) is 132 Å². The highest BCUT2D eigenvalue weighted by molar-refractivity contribution is 7.22. The zero-order valence-corrected chi connectivity index (χ0v) is 25.0. The number of amides is 1. The molecule has 226 valence electrons. The fourth-order valence-electron chi connectivity index (χ4n) is 5.08. The maximum atomic E-state index is 13.4. The van der Waals surface area contributed by atoms with Gasteiger partial charge in [0.1, 0.15) is 28.3 Å². The SMILES string of the molecule is Cn1cc(-c2sc3ncnc(Oc4ccc(NC(=O)c5cccn(-c6ccc(F)cc6)c5=O)cc4)c3c2-c2cccc(N)c2)cn1. The van der Waals surface area contributed by atoms with E-state index >= 15 is 0 Å². The second-order valence-corrected chi connectivity index (χ2v) is 11.3. The van der Waals surface area contributed by atoms with Gasteiger partial charge in [-0.2, -0.15) is 5.10 Å². The molecular formula is C34H24FN7O3S. The molecule has 10 nitrogen and oxygen atoms in total. The van der Waals surface area contributed by atoms with E-state index in [1.807, 2.05) is 37.5 Å². The monoisotopic (exact) mass is 629 g/mol. The van der Waals surface area contributed by atoms with Crippen LogP contribution in [0.25, 0.3) is 37.5 Å². The van der Waals surface area contributed by atoms with Gasteiger partial charge in [0.2, 0.25) is 5.88 Å². The van der Waals surface area contributed by atoms with E-state index in [4.69, 9.17) is 10.5 Å². The third kappa shape index (κ3) is 5.48. The lowest BCUT2D eigenvalue weighted by atomic mass is 10.0. The number of hydrogen-bond acceptors (Lipinski definition) is 8. The Morgan fingerprint density at radius 1 is 0.978 bits per heavy atom. The van der Waals surface area contributed by atoms with Gasteiger partial charge in [-0.15, -0.1) is 11.3 Å². The van der Waals surface area contributed by atoms with Crippen molar-refractivity contribution >= 4 is 38.8 Å². The lowest BCUT2D eigenvalue weighted by Crippen LogP contribution is -2.27. The number of aryl methyl sites for hydroxylation is 1. The largest absolute Gasteiger partial charge is 0.438 e. The number of hydrogen-bond donors (Lipinski definition) is 2. The standard InChI is InChI=1S/C34H24FN7O3S/c1-41-18-21(17-39-41)30-28(20-4-2-5-23(36)16-20)29-32(37-19-38-33(29)46-30)45-26-13-9-24(10-14-26)40-31(43)27-6-3-15-42(34(27)44)25-11-7-22(35)8-12-25/h2-19H,36H2,1H3,(H,40,43). The minimum atomic E-state index is -0.583. The first-order valence-electron chi connectivity index (χ1n) is 14.0. The van der Waals surface area contributed by atoms with E-state index in [1.54, 1.807) is 41.2 Å². The van der Waals surface area contributed by atoms with Gasteiger partial charge in [-0.3, -0.25) is 18.8 Å². The van der Waals surface area contributed by atoms with Gasteiger partial charge >= 0.3 is 0 Å². The van der Waals surface area contributed by atoms with E-state index in [0.717, 1.165) is 31.8 Å². The molecule has 0 bridgehead atoms. The summed E-state index contributed by atoms with van der Waals surface area (Å²) in [6, 6.07) is 22.8. The smallest absolute Gasteiger partial charge is 0.267 e. The van der Waals surface area contributed by atoms with E-state index in [2.05, 4.69) is 20.4 Å². The Hall–Kier alpha value is -6.14. The number of pyridine rings is 1. The molecule has 0 fully saturated rings. The summed E-state index contributed by atoms with van der Waals surface area (Å²) in [5.41, 5.74) is 9.79. The Bertz CT molecular complexity index is 2290. The fourth-order valence-corrected chi connectivity index (χ4v) is 6.21. The lowest BCUT2D eigenvalue weighted by molar-refractivity contribution is 0.102. The third-order valence-electron chi connectivity index (χ3n) is 7.22. The Balaban J connectivity index is 1.18. The molecule has 7 rings (SSSR count). The summed E-state index contributed by atoms with van der Waals surface area (Å²) in [5, 5.41) is 7.84. The molecule has 12 heteroatoms. The summed E-state index contributed by atoms with van der Waals surface area (Å²) in [4.78, 5) is 36.8. The van der Waals surface area contributed by atoms with Crippen LogP contribution in [-0.2, 0) is 7.05 Å². The van der Waals surface area contributed by atoms with Crippen molar-refractivity contribution in [2.45, 2.75) is 0 Å². The van der Waals surface area contributed by atoms with Crippen LogP contribution in [0.15, 0.2) is 115 Å². The molecule has 7 aromatic rings. The summed E-state index contributed by atoms with van der Waals surface area (Å²) >= 11 is 1.51. The first kappa shape index (κ1) is 28.6. The van der Waals surface area contributed by atoms with Crippen molar-refractivity contribution in [2.75, 3.05) is 11.1 Å². The number of nitrogens with zero attached hydrogens (tertiary/aromatic N) is 5. The summed E-state index contributed by atoms with van der Waals surface area (Å²) in [7, 11) is 1.86. The van der Waals surface area contributed by atoms with Crippen molar-refractivity contribution in [1.82, 2.24) is 24.3 Å². The van der Waals surface area contributed by atoms with Gasteiger partial charge in [0.15, 0.2) is 0 Å². The number of thiophene rings is 1. The van der Waals surface area contributed by atoms with E-state index in [1.165, 1.54) is 58.8 Å². The molecule has 46 heavy (non-hydrogen) atoms. The number of anilines is 2. The van der Waals surface area contributed by atoms with Crippen LogP contribution in [0, 0.1) is 5.82 Å². The molecule has 0 saturated heterocycles. The number of rotatable bonds is 7. The Morgan fingerprint density at radius 3 is 2.52 bits per heavy atom. The maximum Gasteiger partial charge on any atom is 0.267 e. The van der Waals surface area contributed by atoms with Crippen molar-refractivity contribution in [1.29, 1.82) is 0 Å². The Kier molecular flexibility index (Phi) is 7.31. The van der Waals surface area contributed by atoms with Crippen LogP contribution in [0.1, 0.15) is 10.4 Å². The number of carbonyl (C=O) groups is 1. The van der Waals surface area contributed by atoms with Crippen molar-refractivity contribution in [3.63, 3.8) is 0 Å². The second kappa shape index (κ2) is 11.7. The molecule has 0 aliphatic rings. The van der Waals surface area contributed by atoms with E-state index in [9.17, 15) is 14.0 Å². The molecule has 0 spiro atoms. The first-order valence-corrected chi connectivity index (χ1v) is 14.8. The highest BCUT2D eigenvalue weighted by Crippen LogP contribution is 2.47. The molecule has 4 aromatic heterocycles. The minimum Gasteiger partial charge on any atom is -0.438 e. The number of nitrogens with one attached hydrogen (secondary N) is 1. The molecule has 0 atom stereocenters. The van der Waals surface area contributed by atoms with E-state index in [0.29, 0.717) is 28.7 Å². The zero-order chi connectivity index (χ0) is 31.8. The predicted molar refractivity (Wildman–Crippen MR) is 176 cm³/mol. The molecule has 0 aliphatic carbocycles. The van der Waals surface area contributed by atoms with Crippen molar-refractivity contribution < 1.29 is 13.9 Å². The number of nitrogens with two attached hydrogens (primary N) is 1. The Labute approximate surface area is 265 Å². The second-order valence-electron chi connectivity index (χ2n) is 10.3. The quantitative estimate of drug-likeness (QED) is 0.188. The Morgan fingerprint density at radius 2 is 1.78 bits per heavy atom. The van der Waals surface area contributed by atoms with Gasteiger partial charge in [0, 0.05) is 52.5 Å². The van der Waals surface area contributed by atoms with Crippen LogP contribution >= 0.6 is 11.3 Å². The van der Waals surface area contributed by atoms with Gasteiger partial charge in [-0.05, 0) is 78.4 Å². The van der Waals surface area contributed by atoms with Gasteiger partial charge < -0.3 is 15.8 Å². The molecule has 3 aromatic carbocycles. The van der Waals surface area contributed by atoms with Crippen LogP contribution in [0.5, 0.6) is 11.6 Å². The summed E-state index contributed by atoms with van der Waals surface area (Å²) in [6.07, 6.45) is 6.72. The van der Waals surface area contributed by atoms with Crippen LogP contribution in [0.4, 0.5) is 15.8 Å². The average Bonchev–Trinajstić information content (AvgIpc) is 3.67. The minimum absolute atomic E-state index is 0.0634. The lowest BCUT2D eigenvalue weighted by Gasteiger charge is -2.11. The van der Waals surface area contributed by atoms with Crippen molar-refractivity contribution in [2.24, 2.45) is 7.05 Å². The zero-order valence-electron chi connectivity index (χ0n) is 24.2. The number of fused-ring (bicyclic) bond motifs is 1. The highest BCUT2D eigenvalue weighted by atomic mass is 32.1. The maximum absolute atomic E-state index is 13.4. The van der Waals surface area contributed by atoms with Gasteiger partial charge in [0.05, 0.1) is 11.6 Å². The molecule has 3 N–H and O–H groups in total. The molecule has 0 unspecified atom stereocenters. The number of aromatic nitrogens is 5. The molecular weight excluding hydrogens is 605 g/mol. The summed E-state index contributed by atoms with van der Waals surface area (Å²) < 4.78 is 22.7. The molecule has 1 amide bonds. The molecule has 0 radical (unpaired) electrons. The topological polar surface area (TPSA) is 130 Å². The fraction of sp³-hybridized carbons (Fsp3) is 0.0294. The van der Waals surface area contributed by atoms with E-state index in [-0.39, 0.29) is 5.56 Å². The predicted octanol–water partition coefficient (Wildman–Crippen LogP) is 6.68. The molecule has 4 heterocycles. The summed E-state index contributed by atoms with van der Waals surface area (Å²) in [6.45, 7) is 0. The highest BCUT2D eigenvalue weighted by Gasteiger charge is 2.22. The molecule has 0 aliphatic heterocycles. The number of halogens is 1. The third-order valence-corrected chi connectivity index (χ3v) is 8.37. The number of nitrogen functional groups attached to an aromatic ring is 1. The van der Waals surface area contributed by atoms with Gasteiger partial charge in [-0.1, -0.05) is 12.1 Å². The molecule has 0 saturated carbocycles. The number of ether oxygens (including phenoxy) is 1. The van der Waals surface area contributed by atoms with Crippen LogP contribution in [-0.4, -0.2) is 30.2 Å². The average molecular weight is 630 g/mol. The van der Waals surface area contributed by atoms with Crippen LogP contribution in [0.2, 0.25) is 0 Å². The van der Waals surface area contributed by atoms with Gasteiger partial charge in [-0.25, -0.2) is 14.4 Å². The van der Waals surface area contributed by atoms with Crippen LogP contribution < -0.4 is 21.3 Å². The van der Waals surface area contributed by atoms with E-state index < -0.39 is 17.3 Å². The number of benzene rings is 3. The first-order chi connectivity index (χ1) is 22.3. The summed E-state index contributed by atoms with van der Waals surface area (Å²) in [5.74, 6) is -0.172. The number of carbonyl (C=O) groups excluding carboxylic acids is 1.